The zero-order valence-electron chi connectivity index (χ0n) is 14.2. The number of para-hydroxylation sites is 1. The molecule has 0 aliphatic carbocycles. The van der Waals surface area contributed by atoms with Crippen molar-refractivity contribution in [3.05, 3.63) is 72.0 Å². The number of anilines is 1. The van der Waals surface area contributed by atoms with Crippen LogP contribution in [0.3, 0.4) is 0 Å². The van der Waals surface area contributed by atoms with Gasteiger partial charge in [0.05, 0.1) is 4.58 Å². The summed E-state index contributed by atoms with van der Waals surface area (Å²) in [6, 6.07) is 17.9. The summed E-state index contributed by atoms with van der Waals surface area (Å²) in [5, 5.41) is 3.97. The smallest absolute Gasteiger partial charge is 0.248 e. The number of hydrogen-bond donors (Lipinski definition) is 1. The number of thioether (sulfide) groups is 2. The molecule has 0 unspecified atom stereocenters. The Labute approximate surface area is 161 Å². The summed E-state index contributed by atoms with van der Waals surface area (Å²) in [7, 11) is 0. The first kappa shape index (κ1) is 17.3. The van der Waals surface area contributed by atoms with Gasteiger partial charge in [-0.05, 0) is 53.8 Å². The highest BCUT2D eigenvalue weighted by atomic mass is 32.2. The molecule has 1 aliphatic heterocycles. The largest absolute Gasteiger partial charge is 0.457 e. The number of nitrogens with one attached hydrogen (secondary N) is 1. The van der Waals surface area contributed by atoms with Gasteiger partial charge in [-0.25, -0.2) is 0 Å². The van der Waals surface area contributed by atoms with Crippen molar-refractivity contribution in [1.82, 2.24) is 0 Å². The minimum absolute atomic E-state index is 0.161. The van der Waals surface area contributed by atoms with E-state index < -0.39 is 0 Å². The van der Waals surface area contributed by atoms with E-state index in [2.05, 4.69) is 17.4 Å². The highest BCUT2D eigenvalue weighted by Gasteiger charge is 2.16. The Morgan fingerprint density at radius 2 is 1.92 bits per heavy atom. The standard InChI is InChI=1S/C21H19NO2S2/c23-20(10-9-18-14-15-5-1-2-8-19(15)24-18)22-17-7-3-6-16(13-17)21-25-11-4-12-26-21/h1-3,5-10,13-14,21H,4,11-12H2,(H,22,23)/b10-9+. The Kier molecular flexibility index (Phi) is 5.37. The number of carbonyl (C=O) groups is 1. The molecule has 1 N–H and O–H groups in total. The van der Waals surface area contributed by atoms with Gasteiger partial charge in [-0.1, -0.05) is 30.3 Å². The highest BCUT2D eigenvalue weighted by Crippen LogP contribution is 2.44. The third-order valence-corrected chi connectivity index (χ3v) is 7.11. The van der Waals surface area contributed by atoms with Crippen molar-refractivity contribution >= 4 is 52.2 Å². The topological polar surface area (TPSA) is 42.2 Å². The van der Waals surface area contributed by atoms with Crippen LogP contribution in [-0.4, -0.2) is 17.4 Å². The molecule has 3 nitrogen and oxygen atoms in total. The van der Waals surface area contributed by atoms with E-state index in [0.29, 0.717) is 10.3 Å². The van der Waals surface area contributed by atoms with Gasteiger partial charge in [0.2, 0.25) is 5.91 Å². The summed E-state index contributed by atoms with van der Waals surface area (Å²) in [6.07, 6.45) is 4.48. The van der Waals surface area contributed by atoms with Crippen molar-refractivity contribution in [2.75, 3.05) is 16.8 Å². The lowest BCUT2D eigenvalue weighted by Crippen LogP contribution is -2.08. The number of furan rings is 1. The Bertz CT molecular complexity index is 909. The van der Waals surface area contributed by atoms with E-state index in [4.69, 9.17) is 4.42 Å². The fourth-order valence-corrected chi connectivity index (χ4v) is 5.74. The van der Waals surface area contributed by atoms with Gasteiger partial charge in [0.1, 0.15) is 11.3 Å². The average Bonchev–Trinajstić information content (AvgIpc) is 3.10. The monoisotopic (exact) mass is 381 g/mol. The fraction of sp³-hybridized carbons (Fsp3) is 0.190. The van der Waals surface area contributed by atoms with E-state index in [0.717, 1.165) is 16.7 Å². The van der Waals surface area contributed by atoms with Gasteiger partial charge < -0.3 is 9.73 Å². The van der Waals surface area contributed by atoms with Gasteiger partial charge in [0.15, 0.2) is 0 Å². The van der Waals surface area contributed by atoms with Gasteiger partial charge in [0.25, 0.3) is 0 Å². The molecule has 26 heavy (non-hydrogen) atoms. The van der Waals surface area contributed by atoms with Crippen LogP contribution in [0.25, 0.3) is 17.0 Å². The first-order valence-electron chi connectivity index (χ1n) is 8.59. The number of carbonyl (C=O) groups excluding carboxylic acids is 1. The van der Waals surface area contributed by atoms with Crippen molar-refractivity contribution in [1.29, 1.82) is 0 Å². The van der Waals surface area contributed by atoms with Crippen LogP contribution in [0, 0.1) is 0 Å². The van der Waals surface area contributed by atoms with Crippen LogP contribution >= 0.6 is 23.5 Å². The number of fused-ring (bicyclic) bond motifs is 1. The zero-order valence-corrected chi connectivity index (χ0v) is 15.8. The van der Waals surface area contributed by atoms with Gasteiger partial charge in [0, 0.05) is 17.1 Å². The van der Waals surface area contributed by atoms with Crippen LogP contribution in [0.2, 0.25) is 0 Å². The van der Waals surface area contributed by atoms with Gasteiger partial charge >= 0.3 is 0 Å². The molecule has 4 rings (SSSR count). The highest BCUT2D eigenvalue weighted by molar-refractivity contribution is 8.16. The Morgan fingerprint density at radius 1 is 1.08 bits per heavy atom. The Morgan fingerprint density at radius 3 is 2.77 bits per heavy atom. The predicted molar refractivity (Wildman–Crippen MR) is 113 cm³/mol. The summed E-state index contributed by atoms with van der Waals surface area (Å²) < 4.78 is 6.16. The molecule has 1 fully saturated rings. The Balaban J connectivity index is 1.42. The lowest BCUT2D eigenvalue weighted by molar-refractivity contribution is -0.111. The molecule has 5 heteroatoms. The molecule has 2 heterocycles. The van der Waals surface area contributed by atoms with Crippen molar-refractivity contribution in [2.45, 2.75) is 11.0 Å². The number of benzene rings is 2. The molecule has 0 atom stereocenters. The molecule has 0 radical (unpaired) electrons. The number of hydrogen-bond acceptors (Lipinski definition) is 4. The van der Waals surface area contributed by atoms with Crippen LogP contribution < -0.4 is 5.32 Å². The Hall–Kier alpha value is -2.11. The molecule has 132 valence electrons. The van der Waals surface area contributed by atoms with E-state index in [-0.39, 0.29) is 5.91 Å². The van der Waals surface area contributed by atoms with Crippen LogP contribution in [0.5, 0.6) is 0 Å². The number of rotatable bonds is 4. The summed E-state index contributed by atoms with van der Waals surface area (Å²) in [5.41, 5.74) is 2.91. The minimum Gasteiger partial charge on any atom is -0.457 e. The molecule has 1 aliphatic rings. The molecule has 0 saturated carbocycles. The van der Waals surface area contributed by atoms with Crippen LogP contribution in [0.15, 0.2) is 65.1 Å². The normalized spacial score (nSPS) is 15.5. The molecule has 1 amide bonds. The van der Waals surface area contributed by atoms with Gasteiger partial charge in [-0.15, -0.1) is 23.5 Å². The molecule has 0 spiro atoms. The SMILES string of the molecule is O=C(/C=C/c1cc2ccccc2o1)Nc1cccc(C2SCCCS2)c1. The summed E-state index contributed by atoms with van der Waals surface area (Å²) in [6.45, 7) is 0. The van der Waals surface area contributed by atoms with Crippen LogP contribution in [0.4, 0.5) is 5.69 Å². The summed E-state index contributed by atoms with van der Waals surface area (Å²) in [4.78, 5) is 12.2. The second-order valence-corrected chi connectivity index (χ2v) is 8.79. The van der Waals surface area contributed by atoms with Crippen molar-refractivity contribution in [3.8, 4) is 0 Å². The minimum atomic E-state index is -0.161. The predicted octanol–water partition coefficient (Wildman–Crippen LogP) is 5.95. The molecule has 2 aromatic carbocycles. The van der Waals surface area contributed by atoms with Crippen molar-refractivity contribution in [2.24, 2.45) is 0 Å². The van der Waals surface area contributed by atoms with E-state index >= 15 is 0 Å². The summed E-state index contributed by atoms with van der Waals surface area (Å²) in [5.74, 6) is 2.92. The van der Waals surface area contributed by atoms with Crippen LogP contribution in [0.1, 0.15) is 22.3 Å². The van der Waals surface area contributed by atoms with Crippen molar-refractivity contribution in [3.63, 3.8) is 0 Å². The third-order valence-electron chi connectivity index (χ3n) is 4.10. The first-order valence-corrected chi connectivity index (χ1v) is 10.7. The molecular weight excluding hydrogens is 362 g/mol. The first-order chi connectivity index (χ1) is 12.8. The van der Waals surface area contributed by atoms with E-state index in [9.17, 15) is 4.79 Å². The molecule has 1 saturated heterocycles. The van der Waals surface area contributed by atoms with E-state index in [1.165, 1.54) is 29.6 Å². The molecular formula is C21H19NO2S2. The maximum absolute atomic E-state index is 12.2. The van der Waals surface area contributed by atoms with Gasteiger partial charge in [-0.2, -0.15) is 0 Å². The molecule has 0 bridgehead atoms. The fourth-order valence-electron chi connectivity index (χ4n) is 2.87. The van der Waals surface area contributed by atoms with Gasteiger partial charge in [-0.3, -0.25) is 4.79 Å². The average molecular weight is 382 g/mol. The number of amides is 1. The molecule has 1 aromatic heterocycles. The maximum atomic E-state index is 12.2. The lowest BCUT2D eigenvalue weighted by Gasteiger charge is -2.21. The summed E-state index contributed by atoms with van der Waals surface area (Å²) >= 11 is 3.95. The maximum Gasteiger partial charge on any atom is 0.248 e. The second kappa shape index (κ2) is 8.06. The van der Waals surface area contributed by atoms with Crippen molar-refractivity contribution < 1.29 is 9.21 Å². The van der Waals surface area contributed by atoms with Crippen LogP contribution in [-0.2, 0) is 4.79 Å². The zero-order chi connectivity index (χ0) is 17.8. The van der Waals surface area contributed by atoms with E-state index in [1.807, 2.05) is 66.0 Å². The second-order valence-electron chi connectivity index (χ2n) is 6.06. The third kappa shape index (κ3) is 4.17. The molecule has 3 aromatic rings. The quantitative estimate of drug-likeness (QED) is 0.567. The van der Waals surface area contributed by atoms with E-state index in [1.54, 1.807) is 6.08 Å². The lowest BCUT2D eigenvalue weighted by atomic mass is 10.2.